The molecular formula is C15H26N2O2. The summed E-state index contributed by atoms with van der Waals surface area (Å²) >= 11 is 0. The van der Waals surface area contributed by atoms with Crippen LogP contribution in [-0.4, -0.2) is 32.3 Å². The van der Waals surface area contributed by atoms with Gasteiger partial charge in [-0.05, 0) is 39.8 Å². The third-order valence-electron chi connectivity index (χ3n) is 2.57. The van der Waals surface area contributed by atoms with Crippen LogP contribution < -0.4 is 20.1 Å². The Morgan fingerprint density at radius 3 is 2.42 bits per heavy atom. The molecule has 1 aromatic rings. The lowest BCUT2D eigenvalue weighted by molar-refractivity contribution is 0.311. The maximum absolute atomic E-state index is 5.55. The predicted octanol–water partition coefficient (Wildman–Crippen LogP) is 2.89. The normalized spacial score (nSPS) is 11.2. The van der Waals surface area contributed by atoms with E-state index in [2.05, 4.69) is 31.4 Å². The number of rotatable bonds is 7. The van der Waals surface area contributed by atoms with Crippen molar-refractivity contribution >= 4 is 5.69 Å². The zero-order valence-electron chi connectivity index (χ0n) is 12.7. The number of methoxy groups -OCH3 is 1. The minimum atomic E-state index is 0.151. The highest BCUT2D eigenvalue weighted by Crippen LogP contribution is 2.29. The molecule has 1 aromatic carbocycles. The van der Waals surface area contributed by atoms with E-state index in [1.807, 2.05) is 25.1 Å². The lowest BCUT2D eigenvalue weighted by Gasteiger charge is -2.21. The van der Waals surface area contributed by atoms with Gasteiger partial charge in [0.15, 0.2) is 11.5 Å². The van der Waals surface area contributed by atoms with Gasteiger partial charge in [0.25, 0.3) is 0 Å². The van der Waals surface area contributed by atoms with Gasteiger partial charge in [-0.2, -0.15) is 0 Å². The molecule has 0 aliphatic rings. The summed E-state index contributed by atoms with van der Waals surface area (Å²) in [5.41, 5.74) is 1.19. The molecule has 0 unspecified atom stereocenters. The largest absolute Gasteiger partial charge is 0.493 e. The fraction of sp³-hybridized carbons (Fsp3) is 0.600. The van der Waals surface area contributed by atoms with Crippen molar-refractivity contribution in [1.82, 2.24) is 5.32 Å². The van der Waals surface area contributed by atoms with Crippen molar-refractivity contribution in [2.24, 2.45) is 0 Å². The average Bonchev–Trinajstić information content (AvgIpc) is 2.34. The number of hydrogen-bond acceptors (Lipinski definition) is 4. The van der Waals surface area contributed by atoms with E-state index in [1.165, 1.54) is 0 Å². The minimum Gasteiger partial charge on any atom is -0.493 e. The molecule has 0 saturated heterocycles. The van der Waals surface area contributed by atoms with Gasteiger partial charge in [-0.3, -0.25) is 0 Å². The molecular weight excluding hydrogens is 240 g/mol. The molecule has 0 radical (unpaired) electrons. The van der Waals surface area contributed by atoms with Crippen molar-refractivity contribution in [3.8, 4) is 11.5 Å². The first-order valence-electron chi connectivity index (χ1n) is 6.76. The van der Waals surface area contributed by atoms with Gasteiger partial charge in [-0.1, -0.05) is 0 Å². The van der Waals surface area contributed by atoms with Crippen molar-refractivity contribution < 1.29 is 9.47 Å². The number of hydrogen-bond donors (Lipinski definition) is 2. The van der Waals surface area contributed by atoms with Crippen LogP contribution in [0.5, 0.6) is 11.5 Å². The SMILES string of the molecule is CCOc1cc(NCCNC(C)(C)C)ccc1OC. The van der Waals surface area contributed by atoms with E-state index in [0.717, 1.165) is 30.3 Å². The Labute approximate surface area is 116 Å². The molecule has 2 N–H and O–H groups in total. The van der Waals surface area contributed by atoms with Crippen LogP contribution in [0.25, 0.3) is 0 Å². The van der Waals surface area contributed by atoms with Crippen LogP contribution in [0.15, 0.2) is 18.2 Å². The molecule has 0 aliphatic heterocycles. The summed E-state index contributed by atoms with van der Waals surface area (Å²) in [5.74, 6) is 1.54. The molecule has 4 nitrogen and oxygen atoms in total. The number of anilines is 1. The second-order valence-corrected chi connectivity index (χ2v) is 5.40. The summed E-state index contributed by atoms with van der Waals surface area (Å²) in [7, 11) is 1.65. The smallest absolute Gasteiger partial charge is 0.163 e. The standard InChI is InChI=1S/C15H26N2O2/c1-6-19-14-11-12(7-8-13(14)18-5)16-9-10-17-15(2,3)4/h7-8,11,16-17H,6,9-10H2,1-5H3. The third-order valence-corrected chi connectivity index (χ3v) is 2.57. The maximum Gasteiger partial charge on any atom is 0.163 e. The van der Waals surface area contributed by atoms with Gasteiger partial charge in [-0.15, -0.1) is 0 Å². The van der Waals surface area contributed by atoms with Gasteiger partial charge in [0, 0.05) is 30.4 Å². The minimum absolute atomic E-state index is 0.151. The number of nitrogens with one attached hydrogen (secondary N) is 2. The molecule has 4 heteroatoms. The topological polar surface area (TPSA) is 42.5 Å². The fourth-order valence-electron chi connectivity index (χ4n) is 1.70. The molecule has 0 aliphatic carbocycles. The Morgan fingerprint density at radius 2 is 1.84 bits per heavy atom. The highest BCUT2D eigenvalue weighted by molar-refractivity contribution is 5.54. The second kappa shape index (κ2) is 7.24. The maximum atomic E-state index is 5.55. The van der Waals surface area contributed by atoms with E-state index in [0.29, 0.717) is 6.61 Å². The van der Waals surface area contributed by atoms with Crippen molar-refractivity contribution in [2.45, 2.75) is 33.2 Å². The van der Waals surface area contributed by atoms with Gasteiger partial charge in [0.2, 0.25) is 0 Å². The molecule has 0 atom stereocenters. The molecule has 0 saturated carbocycles. The Hall–Kier alpha value is -1.42. The van der Waals surface area contributed by atoms with Crippen LogP contribution in [0.2, 0.25) is 0 Å². The fourth-order valence-corrected chi connectivity index (χ4v) is 1.70. The van der Waals surface area contributed by atoms with Gasteiger partial charge in [0.1, 0.15) is 0 Å². The average molecular weight is 266 g/mol. The Bertz CT molecular complexity index is 386. The van der Waals surface area contributed by atoms with Crippen molar-refractivity contribution in [2.75, 3.05) is 32.1 Å². The molecule has 0 aromatic heterocycles. The first-order chi connectivity index (χ1) is 8.96. The zero-order valence-corrected chi connectivity index (χ0v) is 12.7. The Balaban J connectivity index is 2.52. The lowest BCUT2D eigenvalue weighted by Crippen LogP contribution is -2.38. The molecule has 19 heavy (non-hydrogen) atoms. The second-order valence-electron chi connectivity index (χ2n) is 5.40. The summed E-state index contributed by atoms with van der Waals surface area (Å²) in [5, 5.41) is 6.81. The highest BCUT2D eigenvalue weighted by Gasteiger charge is 2.08. The first kappa shape index (κ1) is 15.6. The van der Waals surface area contributed by atoms with Crippen molar-refractivity contribution in [3.05, 3.63) is 18.2 Å². The van der Waals surface area contributed by atoms with E-state index < -0.39 is 0 Å². The number of ether oxygens (including phenoxy) is 2. The van der Waals surface area contributed by atoms with Crippen LogP contribution >= 0.6 is 0 Å². The summed E-state index contributed by atoms with van der Waals surface area (Å²) < 4.78 is 10.8. The third kappa shape index (κ3) is 5.83. The van der Waals surface area contributed by atoms with E-state index in [1.54, 1.807) is 7.11 Å². The molecule has 0 amide bonds. The van der Waals surface area contributed by atoms with Gasteiger partial charge >= 0.3 is 0 Å². The van der Waals surface area contributed by atoms with Crippen molar-refractivity contribution in [1.29, 1.82) is 0 Å². The number of benzene rings is 1. The van der Waals surface area contributed by atoms with E-state index >= 15 is 0 Å². The van der Waals surface area contributed by atoms with E-state index in [4.69, 9.17) is 9.47 Å². The van der Waals surface area contributed by atoms with Crippen LogP contribution in [0, 0.1) is 0 Å². The van der Waals surface area contributed by atoms with Gasteiger partial charge in [0.05, 0.1) is 13.7 Å². The Kier molecular flexibility index (Phi) is 5.96. The summed E-state index contributed by atoms with van der Waals surface area (Å²) in [4.78, 5) is 0. The Morgan fingerprint density at radius 1 is 1.11 bits per heavy atom. The highest BCUT2D eigenvalue weighted by atomic mass is 16.5. The molecule has 0 spiro atoms. The zero-order chi connectivity index (χ0) is 14.3. The van der Waals surface area contributed by atoms with Crippen LogP contribution in [0.1, 0.15) is 27.7 Å². The summed E-state index contributed by atoms with van der Waals surface area (Å²) in [6, 6.07) is 5.89. The monoisotopic (exact) mass is 266 g/mol. The van der Waals surface area contributed by atoms with Gasteiger partial charge in [-0.25, -0.2) is 0 Å². The van der Waals surface area contributed by atoms with Crippen LogP contribution in [0.4, 0.5) is 5.69 Å². The summed E-state index contributed by atoms with van der Waals surface area (Å²) in [6.45, 7) is 10.9. The first-order valence-corrected chi connectivity index (χ1v) is 6.76. The van der Waals surface area contributed by atoms with Crippen molar-refractivity contribution in [3.63, 3.8) is 0 Å². The van der Waals surface area contributed by atoms with E-state index in [9.17, 15) is 0 Å². The molecule has 108 valence electrons. The predicted molar refractivity (Wildman–Crippen MR) is 80.4 cm³/mol. The molecule has 0 fully saturated rings. The van der Waals surface area contributed by atoms with Crippen LogP contribution in [0.3, 0.4) is 0 Å². The molecule has 0 bridgehead atoms. The van der Waals surface area contributed by atoms with Gasteiger partial charge < -0.3 is 20.1 Å². The van der Waals surface area contributed by atoms with E-state index in [-0.39, 0.29) is 5.54 Å². The lowest BCUT2D eigenvalue weighted by atomic mass is 10.1. The molecule has 1 rings (SSSR count). The summed E-state index contributed by atoms with van der Waals surface area (Å²) in [6.07, 6.45) is 0. The van der Waals surface area contributed by atoms with Crippen LogP contribution in [-0.2, 0) is 0 Å². The molecule has 0 heterocycles. The quantitative estimate of drug-likeness (QED) is 0.745.